The number of benzene rings is 2. The number of nitrogens with zero attached hydrogens (tertiary/aromatic N) is 3. The molecular formula is C22H23FN4O4. The van der Waals surface area contributed by atoms with Crippen LogP contribution in [0.3, 0.4) is 0 Å². The van der Waals surface area contributed by atoms with Gasteiger partial charge in [0.05, 0.1) is 10.6 Å². The Labute approximate surface area is 178 Å². The number of amides is 1. The normalized spacial score (nSPS) is 16.2. The van der Waals surface area contributed by atoms with E-state index < -0.39 is 10.7 Å². The van der Waals surface area contributed by atoms with Crippen LogP contribution in [0.5, 0.6) is 0 Å². The topological polar surface area (TPSA) is 95.8 Å². The third-order valence-electron chi connectivity index (χ3n) is 5.66. The largest absolute Gasteiger partial charge is 0.366 e. The van der Waals surface area contributed by atoms with E-state index in [1.807, 2.05) is 9.80 Å². The molecule has 1 aliphatic heterocycles. The maximum Gasteiger partial charge on any atom is 0.293 e. The van der Waals surface area contributed by atoms with E-state index in [1.54, 1.807) is 24.3 Å². The highest BCUT2D eigenvalue weighted by molar-refractivity contribution is 5.96. The molecule has 8 nitrogen and oxygen atoms in total. The first-order chi connectivity index (χ1) is 14.8. The first kappa shape index (κ1) is 20.8. The van der Waals surface area contributed by atoms with Gasteiger partial charge in [0.15, 0.2) is 5.78 Å². The van der Waals surface area contributed by atoms with Crippen molar-refractivity contribution in [1.29, 1.82) is 0 Å². The quantitative estimate of drug-likeness (QED) is 0.433. The van der Waals surface area contributed by atoms with E-state index >= 15 is 0 Å². The summed E-state index contributed by atoms with van der Waals surface area (Å²) in [7, 11) is 0. The molecule has 0 atom stereocenters. The molecule has 1 saturated heterocycles. The summed E-state index contributed by atoms with van der Waals surface area (Å²) in [6.07, 6.45) is 1.88. The number of ketones is 1. The first-order valence-electron chi connectivity index (χ1n) is 10.2. The highest BCUT2D eigenvalue weighted by Gasteiger charge is 2.28. The van der Waals surface area contributed by atoms with Gasteiger partial charge in [-0.25, -0.2) is 4.39 Å². The van der Waals surface area contributed by atoms with E-state index in [2.05, 4.69) is 5.32 Å². The fourth-order valence-corrected chi connectivity index (χ4v) is 3.75. The van der Waals surface area contributed by atoms with E-state index in [1.165, 1.54) is 19.1 Å². The van der Waals surface area contributed by atoms with Crippen LogP contribution >= 0.6 is 0 Å². The van der Waals surface area contributed by atoms with Crippen molar-refractivity contribution in [3.05, 3.63) is 63.5 Å². The van der Waals surface area contributed by atoms with Crippen molar-refractivity contribution in [2.24, 2.45) is 0 Å². The first-order valence-corrected chi connectivity index (χ1v) is 10.2. The van der Waals surface area contributed by atoms with Crippen LogP contribution in [0.15, 0.2) is 36.4 Å². The van der Waals surface area contributed by atoms with Crippen molar-refractivity contribution in [3.63, 3.8) is 0 Å². The van der Waals surface area contributed by atoms with Crippen molar-refractivity contribution in [3.8, 4) is 0 Å². The summed E-state index contributed by atoms with van der Waals surface area (Å²) in [5.74, 6) is -0.957. The SMILES string of the molecule is CC(=O)c1ccc(N2CCN(c3ccc(C(=O)NC4CC4)cc3[N+](=O)[O-])CC2)c(F)c1. The van der Waals surface area contributed by atoms with Crippen LogP contribution in [0.1, 0.15) is 40.5 Å². The van der Waals surface area contributed by atoms with Gasteiger partial charge in [-0.3, -0.25) is 19.7 Å². The minimum atomic E-state index is -0.476. The lowest BCUT2D eigenvalue weighted by molar-refractivity contribution is -0.384. The van der Waals surface area contributed by atoms with Gasteiger partial charge in [-0.1, -0.05) is 0 Å². The Bertz CT molecular complexity index is 1050. The highest BCUT2D eigenvalue weighted by Crippen LogP contribution is 2.32. The molecule has 162 valence electrons. The molecule has 0 bridgehead atoms. The summed E-state index contributed by atoms with van der Waals surface area (Å²) in [5.41, 5.74) is 1.33. The van der Waals surface area contributed by atoms with Gasteiger partial charge in [-0.15, -0.1) is 0 Å². The van der Waals surface area contributed by atoms with Gasteiger partial charge in [0.1, 0.15) is 11.5 Å². The molecule has 0 aromatic heterocycles. The molecule has 0 spiro atoms. The molecule has 1 amide bonds. The number of halogens is 1. The minimum absolute atomic E-state index is 0.117. The standard InChI is InChI=1S/C22H23FN4O4/c1-14(28)15-2-6-19(18(23)12-15)25-8-10-26(11-9-25)20-7-3-16(13-21(20)27(30)31)22(29)24-17-4-5-17/h2-3,6-7,12-13,17H,4-5,8-11H2,1H3,(H,24,29). The molecule has 4 rings (SSSR count). The Kier molecular flexibility index (Phi) is 5.58. The maximum absolute atomic E-state index is 14.5. The Morgan fingerprint density at radius 1 is 1.00 bits per heavy atom. The molecule has 2 fully saturated rings. The van der Waals surface area contributed by atoms with Gasteiger partial charge >= 0.3 is 0 Å². The van der Waals surface area contributed by atoms with Crippen LogP contribution in [0.25, 0.3) is 0 Å². The number of hydrogen-bond donors (Lipinski definition) is 1. The van der Waals surface area contributed by atoms with Gasteiger partial charge in [0.25, 0.3) is 11.6 Å². The molecule has 1 saturated carbocycles. The molecule has 1 N–H and O–H groups in total. The van der Waals surface area contributed by atoms with Crippen LogP contribution < -0.4 is 15.1 Å². The molecule has 1 aliphatic carbocycles. The second-order valence-corrected chi connectivity index (χ2v) is 7.90. The smallest absolute Gasteiger partial charge is 0.293 e. The van der Waals surface area contributed by atoms with Gasteiger partial charge in [-0.05, 0) is 50.1 Å². The Morgan fingerprint density at radius 2 is 1.58 bits per heavy atom. The molecular weight excluding hydrogens is 403 g/mol. The fourth-order valence-electron chi connectivity index (χ4n) is 3.75. The molecule has 2 aliphatic rings. The second kappa shape index (κ2) is 8.33. The van der Waals surface area contributed by atoms with Gasteiger partial charge in [0.2, 0.25) is 0 Å². The number of anilines is 2. The molecule has 0 radical (unpaired) electrons. The third-order valence-corrected chi connectivity index (χ3v) is 5.66. The second-order valence-electron chi connectivity index (χ2n) is 7.90. The number of nitro groups is 1. The van der Waals surface area contributed by atoms with E-state index in [-0.39, 0.29) is 29.0 Å². The number of piperazine rings is 1. The molecule has 2 aromatic rings. The van der Waals surface area contributed by atoms with Crippen molar-refractivity contribution >= 4 is 28.8 Å². The lowest BCUT2D eigenvalue weighted by Crippen LogP contribution is -2.47. The number of carbonyl (C=O) groups is 2. The number of nitrogens with one attached hydrogen (secondary N) is 1. The minimum Gasteiger partial charge on any atom is -0.366 e. The summed E-state index contributed by atoms with van der Waals surface area (Å²) >= 11 is 0. The van der Waals surface area contributed by atoms with E-state index in [9.17, 15) is 24.1 Å². The third kappa shape index (κ3) is 4.50. The lowest BCUT2D eigenvalue weighted by Gasteiger charge is -2.37. The predicted molar refractivity (Wildman–Crippen MR) is 114 cm³/mol. The highest BCUT2D eigenvalue weighted by atomic mass is 19.1. The molecule has 9 heteroatoms. The summed E-state index contributed by atoms with van der Waals surface area (Å²) in [6.45, 7) is 3.25. The fraction of sp³-hybridized carbons (Fsp3) is 0.364. The predicted octanol–water partition coefficient (Wildman–Crippen LogP) is 3.16. The zero-order valence-electron chi connectivity index (χ0n) is 17.1. The van der Waals surface area contributed by atoms with Gasteiger partial charge in [-0.2, -0.15) is 0 Å². The van der Waals surface area contributed by atoms with Crippen LogP contribution in [0, 0.1) is 15.9 Å². The van der Waals surface area contributed by atoms with E-state index in [0.29, 0.717) is 43.1 Å². The van der Waals surface area contributed by atoms with Crippen LogP contribution in [-0.4, -0.2) is 48.8 Å². The zero-order chi connectivity index (χ0) is 22.1. The van der Waals surface area contributed by atoms with Crippen LogP contribution in [0.2, 0.25) is 0 Å². The maximum atomic E-state index is 14.5. The average molecular weight is 426 g/mol. The summed E-state index contributed by atoms with van der Waals surface area (Å²) in [4.78, 5) is 38.6. The van der Waals surface area contributed by atoms with E-state index in [0.717, 1.165) is 12.8 Å². The van der Waals surface area contributed by atoms with Crippen molar-refractivity contribution in [1.82, 2.24) is 5.32 Å². The van der Waals surface area contributed by atoms with Crippen LogP contribution in [0.4, 0.5) is 21.5 Å². The number of hydrogen-bond acceptors (Lipinski definition) is 6. The number of Topliss-reactive ketones (excluding diaryl/α,β-unsaturated/α-hetero) is 1. The average Bonchev–Trinajstić information content (AvgIpc) is 3.57. The monoisotopic (exact) mass is 426 g/mol. The summed E-state index contributed by atoms with van der Waals surface area (Å²) < 4.78 is 14.5. The van der Waals surface area contributed by atoms with Gasteiger partial charge < -0.3 is 15.1 Å². The molecule has 1 heterocycles. The van der Waals surface area contributed by atoms with Crippen molar-refractivity contribution in [2.45, 2.75) is 25.8 Å². The van der Waals surface area contributed by atoms with Crippen molar-refractivity contribution in [2.75, 3.05) is 36.0 Å². The molecule has 31 heavy (non-hydrogen) atoms. The summed E-state index contributed by atoms with van der Waals surface area (Å²) in [5, 5.41) is 14.5. The number of rotatable bonds is 6. The zero-order valence-corrected chi connectivity index (χ0v) is 17.1. The lowest BCUT2D eigenvalue weighted by atomic mass is 10.1. The Morgan fingerprint density at radius 3 is 2.13 bits per heavy atom. The summed E-state index contributed by atoms with van der Waals surface area (Å²) in [6, 6.07) is 9.13. The van der Waals surface area contributed by atoms with Crippen LogP contribution in [-0.2, 0) is 0 Å². The Balaban J connectivity index is 1.48. The molecule has 2 aromatic carbocycles. The van der Waals surface area contributed by atoms with Crippen molar-refractivity contribution < 1.29 is 18.9 Å². The number of nitro benzene ring substituents is 1. The van der Waals surface area contributed by atoms with E-state index in [4.69, 9.17) is 0 Å². The Hall–Kier alpha value is -3.49. The van der Waals surface area contributed by atoms with Gasteiger partial charge in [0, 0.05) is 49.4 Å². The molecule has 0 unspecified atom stereocenters. The number of carbonyl (C=O) groups excluding carboxylic acids is 2.